The maximum atomic E-state index is 12.2. The number of hydrogen-bond donors (Lipinski definition) is 1. The van der Waals surface area contributed by atoms with Gasteiger partial charge in [0.1, 0.15) is 5.75 Å². The lowest BCUT2D eigenvalue weighted by atomic mass is 10.2. The monoisotopic (exact) mass is 335 g/mol. The van der Waals surface area contributed by atoms with E-state index in [0.717, 1.165) is 4.90 Å². The highest BCUT2D eigenvalue weighted by molar-refractivity contribution is 8.00. The summed E-state index contributed by atoms with van der Waals surface area (Å²) in [6.07, 6.45) is 0. The van der Waals surface area contributed by atoms with Gasteiger partial charge in [-0.3, -0.25) is 4.79 Å². The van der Waals surface area contributed by atoms with Gasteiger partial charge in [0.15, 0.2) is 0 Å². The number of thioether (sulfide) groups is 1. The van der Waals surface area contributed by atoms with Crippen LogP contribution in [0.1, 0.15) is 12.5 Å². The topological polar surface area (TPSA) is 38.3 Å². The number of hydrogen-bond acceptors (Lipinski definition) is 3. The molecule has 116 valence electrons. The molecule has 5 heteroatoms. The minimum atomic E-state index is -0.205. The van der Waals surface area contributed by atoms with Gasteiger partial charge in [-0.1, -0.05) is 29.3 Å². The largest absolute Gasteiger partial charge is 0.495 e. The van der Waals surface area contributed by atoms with E-state index < -0.39 is 0 Å². The van der Waals surface area contributed by atoms with Crippen molar-refractivity contribution in [2.24, 2.45) is 0 Å². The van der Waals surface area contributed by atoms with Crippen LogP contribution < -0.4 is 10.1 Å². The van der Waals surface area contributed by atoms with E-state index in [4.69, 9.17) is 16.3 Å². The predicted octanol–water partition coefficient (Wildman–Crippen LogP) is 4.78. The maximum absolute atomic E-state index is 12.2. The molecule has 0 aliphatic heterocycles. The zero-order chi connectivity index (χ0) is 16.1. The molecule has 1 amide bonds. The highest BCUT2D eigenvalue weighted by Crippen LogP contribution is 2.28. The van der Waals surface area contributed by atoms with Gasteiger partial charge in [-0.2, -0.15) is 0 Å². The van der Waals surface area contributed by atoms with Crippen LogP contribution in [-0.4, -0.2) is 18.3 Å². The molecule has 0 aromatic heterocycles. The first-order valence-electron chi connectivity index (χ1n) is 6.87. The van der Waals surface area contributed by atoms with Gasteiger partial charge in [0.25, 0.3) is 0 Å². The van der Waals surface area contributed by atoms with Crippen LogP contribution >= 0.6 is 23.4 Å². The van der Waals surface area contributed by atoms with Crippen LogP contribution in [0.5, 0.6) is 5.75 Å². The van der Waals surface area contributed by atoms with Gasteiger partial charge in [-0.25, -0.2) is 0 Å². The number of carbonyl (C=O) groups is 1. The van der Waals surface area contributed by atoms with Crippen LogP contribution in [0.2, 0.25) is 5.02 Å². The average molecular weight is 336 g/mol. The molecule has 2 aromatic rings. The van der Waals surface area contributed by atoms with Crippen molar-refractivity contribution in [1.82, 2.24) is 0 Å². The summed E-state index contributed by atoms with van der Waals surface area (Å²) < 4.78 is 5.09. The van der Waals surface area contributed by atoms with Gasteiger partial charge in [-0.05, 0) is 44.2 Å². The second-order valence-corrected chi connectivity index (χ2v) is 6.73. The Bertz CT molecular complexity index is 658. The van der Waals surface area contributed by atoms with Crippen molar-refractivity contribution < 1.29 is 9.53 Å². The van der Waals surface area contributed by atoms with Gasteiger partial charge in [-0.15, -0.1) is 11.8 Å². The predicted molar refractivity (Wildman–Crippen MR) is 93.1 cm³/mol. The lowest BCUT2D eigenvalue weighted by Gasteiger charge is -2.13. The van der Waals surface area contributed by atoms with E-state index in [1.807, 2.05) is 38.1 Å². The fraction of sp³-hybridized carbons (Fsp3) is 0.235. The number of benzene rings is 2. The number of halogens is 1. The third-order valence-electron chi connectivity index (χ3n) is 3.12. The van der Waals surface area contributed by atoms with Gasteiger partial charge in [0.2, 0.25) is 5.91 Å². The van der Waals surface area contributed by atoms with Crippen molar-refractivity contribution in [1.29, 1.82) is 0 Å². The summed E-state index contributed by atoms with van der Waals surface area (Å²) in [5.41, 5.74) is 1.86. The number of anilines is 1. The molecule has 0 saturated heterocycles. The molecule has 0 bridgehead atoms. The molecule has 22 heavy (non-hydrogen) atoms. The van der Waals surface area contributed by atoms with Crippen LogP contribution in [0, 0.1) is 6.92 Å². The lowest BCUT2D eigenvalue weighted by molar-refractivity contribution is -0.115. The van der Waals surface area contributed by atoms with Crippen molar-refractivity contribution in [3.63, 3.8) is 0 Å². The average Bonchev–Trinajstić information content (AvgIpc) is 2.49. The Balaban J connectivity index is 1.99. The Labute approximate surface area is 140 Å². The molecule has 3 nitrogen and oxygen atoms in total. The van der Waals surface area contributed by atoms with Gasteiger partial charge in [0.05, 0.1) is 17.4 Å². The summed E-state index contributed by atoms with van der Waals surface area (Å²) in [7, 11) is 1.56. The SMILES string of the molecule is COc1ccc(NC(=O)[C@H](C)Sc2ccc(C)cc2)cc1Cl. The van der Waals surface area contributed by atoms with Crippen LogP contribution in [-0.2, 0) is 4.79 Å². The first-order chi connectivity index (χ1) is 10.5. The Morgan fingerprint density at radius 1 is 1.23 bits per heavy atom. The smallest absolute Gasteiger partial charge is 0.237 e. The van der Waals surface area contributed by atoms with Crippen LogP contribution in [0.15, 0.2) is 47.4 Å². The minimum absolute atomic E-state index is 0.0631. The lowest BCUT2D eigenvalue weighted by Crippen LogP contribution is -2.22. The molecule has 0 fully saturated rings. The second-order valence-electron chi connectivity index (χ2n) is 4.91. The second kappa shape index (κ2) is 7.56. The van der Waals surface area contributed by atoms with Crippen molar-refractivity contribution >= 4 is 35.0 Å². The molecule has 0 radical (unpaired) electrons. The van der Waals surface area contributed by atoms with Gasteiger partial charge in [0, 0.05) is 10.6 Å². The molecular formula is C17H18ClNO2S. The van der Waals surface area contributed by atoms with Crippen molar-refractivity contribution in [2.75, 3.05) is 12.4 Å². The van der Waals surface area contributed by atoms with Crippen LogP contribution in [0.4, 0.5) is 5.69 Å². The number of amides is 1. The summed E-state index contributed by atoms with van der Waals surface area (Å²) in [6.45, 7) is 3.92. The molecule has 0 heterocycles. The number of carbonyl (C=O) groups excluding carboxylic acids is 1. The Hall–Kier alpha value is -1.65. The molecule has 0 aliphatic rings. The number of methoxy groups -OCH3 is 1. The molecule has 0 unspecified atom stereocenters. The molecule has 1 atom stereocenters. The maximum Gasteiger partial charge on any atom is 0.237 e. The van der Waals surface area contributed by atoms with Crippen molar-refractivity contribution in [2.45, 2.75) is 24.0 Å². The van der Waals surface area contributed by atoms with E-state index in [1.165, 1.54) is 17.3 Å². The Morgan fingerprint density at radius 2 is 1.91 bits per heavy atom. The quantitative estimate of drug-likeness (QED) is 0.799. The highest BCUT2D eigenvalue weighted by Gasteiger charge is 2.15. The van der Waals surface area contributed by atoms with Crippen molar-refractivity contribution in [3.05, 3.63) is 53.1 Å². The normalized spacial score (nSPS) is 11.8. The molecule has 0 aliphatic carbocycles. The van der Waals surface area contributed by atoms with Gasteiger partial charge < -0.3 is 10.1 Å². The molecular weight excluding hydrogens is 318 g/mol. The summed E-state index contributed by atoms with van der Waals surface area (Å²) in [4.78, 5) is 13.3. The Kier molecular flexibility index (Phi) is 5.75. The summed E-state index contributed by atoms with van der Waals surface area (Å²) in [6, 6.07) is 13.3. The number of aryl methyl sites for hydroxylation is 1. The first-order valence-corrected chi connectivity index (χ1v) is 8.13. The summed E-state index contributed by atoms with van der Waals surface area (Å²) in [5, 5.41) is 3.13. The highest BCUT2D eigenvalue weighted by atomic mass is 35.5. The zero-order valence-electron chi connectivity index (χ0n) is 12.7. The third kappa shape index (κ3) is 4.42. The number of nitrogens with one attached hydrogen (secondary N) is 1. The number of rotatable bonds is 5. The standard InChI is InChI=1S/C17H18ClNO2S/c1-11-4-7-14(8-5-11)22-12(2)17(20)19-13-6-9-16(21-3)15(18)10-13/h4-10,12H,1-3H3,(H,19,20)/t12-/m0/s1. The molecule has 2 rings (SSSR count). The van der Waals surface area contributed by atoms with Crippen LogP contribution in [0.3, 0.4) is 0 Å². The van der Waals surface area contributed by atoms with E-state index in [-0.39, 0.29) is 11.2 Å². The van der Waals surface area contributed by atoms with E-state index in [1.54, 1.807) is 25.3 Å². The summed E-state index contributed by atoms with van der Waals surface area (Å²) >= 11 is 7.58. The third-order valence-corrected chi connectivity index (χ3v) is 4.53. The van der Waals surface area contributed by atoms with E-state index in [9.17, 15) is 4.79 Å². The van der Waals surface area contributed by atoms with Gasteiger partial charge >= 0.3 is 0 Å². The fourth-order valence-corrected chi connectivity index (χ4v) is 2.99. The minimum Gasteiger partial charge on any atom is -0.495 e. The zero-order valence-corrected chi connectivity index (χ0v) is 14.3. The number of ether oxygens (including phenoxy) is 1. The molecule has 0 saturated carbocycles. The molecule has 2 aromatic carbocycles. The molecule has 1 N–H and O–H groups in total. The molecule has 0 spiro atoms. The fourth-order valence-electron chi connectivity index (χ4n) is 1.86. The Morgan fingerprint density at radius 3 is 2.50 bits per heavy atom. The summed E-state index contributed by atoms with van der Waals surface area (Å²) in [5.74, 6) is 0.522. The van der Waals surface area contributed by atoms with Crippen molar-refractivity contribution in [3.8, 4) is 5.75 Å². The van der Waals surface area contributed by atoms with Crippen LogP contribution in [0.25, 0.3) is 0 Å². The van der Waals surface area contributed by atoms with E-state index >= 15 is 0 Å². The first kappa shape index (κ1) is 16.7. The van der Waals surface area contributed by atoms with E-state index in [0.29, 0.717) is 16.5 Å². The van der Waals surface area contributed by atoms with E-state index in [2.05, 4.69) is 5.32 Å².